The summed E-state index contributed by atoms with van der Waals surface area (Å²) < 4.78 is 23.6. The molecular formula is C12H18FNO3. The van der Waals surface area contributed by atoms with Gasteiger partial charge in [-0.05, 0) is 24.6 Å². The molecule has 3 N–H and O–H groups in total. The monoisotopic (exact) mass is 243 g/mol. The third-order valence-corrected chi connectivity index (χ3v) is 2.18. The number of hydrogen-bond acceptors (Lipinski definition) is 4. The van der Waals surface area contributed by atoms with Crippen molar-refractivity contribution in [2.45, 2.75) is 19.6 Å². The lowest BCUT2D eigenvalue weighted by Gasteiger charge is -2.13. The largest absolute Gasteiger partial charge is 0.488 e. The number of ether oxygens (including phenoxy) is 2. The third-order valence-electron chi connectivity index (χ3n) is 2.18. The number of aliphatic hydroxyl groups is 1. The highest BCUT2D eigenvalue weighted by atomic mass is 19.1. The van der Waals surface area contributed by atoms with Gasteiger partial charge >= 0.3 is 0 Å². The van der Waals surface area contributed by atoms with E-state index in [2.05, 4.69) is 0 Å². The minimum atomic E-state index is -0.761. The number of hydrogen-bond donors (Lipinski definition) is 2. The van der Waals surface area contributed by atoms with Crippen LogP contribution in [0.25, 0.3) is 0 Å². The Bertz CT molecular complexity index is 347. The van der Waals surface area contributed by atoms with Gasteiger partial charge < -0.3 is 20.3 Å². The van der Waals surface area contributed by atoms with Crippen molar-refractivity contribution in [3.63, 3.8) is 0 Å². The van der Waals surface area contributed by atoms with Crippen LogP contribution in [0.15, 0.2) is 18.2 Å². The van der Waals surface area contributed by atoms with Crippen LogP contribution in [0.2, 0.25) is 0 Å². The average molecular weight is 243 g/mol. The van der Waals surface area contributed by atoms with Crippen molar-refractivity contribution in [1.82, 2.24) is 0 Å². The molecule has 1 rings (SSSR count). The highest BCUT2D eigenvalue weighted by Gasteiger charge is 2.08. The molecule has 0 saturated carbocycles. The Morgan fingerprint density at radius 3 is 2.76 bits per heavy atom. The zero-order valence-electron chi connectivity index (χ0n) is 9.86. The molecule has 1 unspecified atom stereocenters. The summed E-state index contributed by atoms with van der Waals surface area (Å²) in [7, 11) is 0. The third kappa shape index (κ3) is 4.68. The predicted octanol–water partition coefficient (Wildman–Crippen LogP) is 1.06. The van der Waals surface area contributed by atoms with Gasteiger partial charge in [0, 0.05) is 13.2 Å². The van der Waals surface area contributed by atoms with E-state index in [1.165, 1.54) is 12.1 Å². The van der Waals surface area contributed by atoms with Crippen molar-refractivity contribution in [2.75, 3.05) is 19.8 Å². The minimum absolute atomic E-state index is 0.00110. The fourth-order valence-electron chi connectivity index (χ4n) is 1.28. The lowest BCUT2D eigenvalue weighted by molar-refractivity contribution is 0.0157. The molecule has 1 aromatic rings. The summed E-state index contributed by atoms with van der Waals surface area (Å²) >= 11 is 0. The molecule has 0 aromatic heterocycles. The van der Waals surface area contributed by atoms with Crippen LogP contribution in [0.5, 0.6) is 5.75 Å². The van der Waals surface area contributed by atoms with Crippen molar-refractivity contribution >= 4 is 0 Å². The lowest BCUT2D eigenvalue weighted by Crippen LogP contribution is -2.23. The molecule has 0 aliphatic rings. The van der Waals surface area contributed by atoms with Gasteiger partial charge in [-0.2, -0.15) is 0 Å². The Balaban J connectivity index is 2.46. The molecule has 17 heavy (non-hydrogen) atoms. The first-order valence-corrected chi connectivity index (χ1v) is 5.54. The lowest BCUT2D eigenvalue weighted by atomic mass is 10.2. The van der Waals surface area contributed by atoms with Gasteiger partial charge in [-0.15, -0.1) is 0 Å². The molecule has 0 saturated heterocycles. The SMILES string of the molecule is CCOCC(O)COc1ccc(CN)cc1F. The van der Waals surface area contributed by atoms with E-state index in [0.29, 0.717) is 12.2 Å². The zero-order chi connectivity index (χ0) is 12.7. The number of aliphatic hydroxyl groups excluding tert-OH is 1. The van der Waals surface area contributed by atoms with Crippen LogP contribution in [-0.2, 0) is 11.3 Å². The predicted molar refractivity (Wildman–Crippen MR) is 62.3 cm³/mol. The Morgan fingerprint density at radius 2 is 2.18 bits per heavy atom. The second-order valence-corrected chi connectivity index (χ2v) is 3.59. The van der Waals surface area contributed by atoms with Gasteiger partial charge in [-0.3, -0.25) is 0 Å². The molecule has 5 heteroatoms. The van der Waals surface area contributed by atoms with Crippen LogP contribution in [-0.4, -0.2) is 31.0 Å². The summed E-state index contributed by atoms with van der Waals surface area (Å²) in [6, 6.07) is 4.52. The van der Waals surface area contributed by atoms with Crippen molar-refractivity contribution in [1.29, 1.82) is 0 Å². The van der Waals surface area contributed by atoms with Crippen LogP contribution in [0.1, 0.15) is 12.5 Å². The van der Waals surface area contributed by atoms with Gasteiger partial charge in [0.2, 0.25) is 0 Å². The Morgan fingerprint density at radius 1 is 1.41 bits per heavy atom. The summed E-state index contributed by atoms with van der Waals surface area (Å²) in [5.74, 6) is -0.366. The quantitative estimate of drug-likeness (QED) is 0.751. The molecule has 1 aromatic carbocycles. The van der Waals surface area contributed by atoms with Crippen LogP contribution in [0.4, 0.5) is 4.39 Å². The molecule has 0 bridgehead atoms. The van der Waals surface area contributed by atoms with Crippen LogP contribution >= 0.6 is 0 Å². The number of nitrogens with two attached hydrogens (primary N) is 1. The van der Waals surface area contributed by atoms with Gasteiger partial charge in [-0.25, -0.2) is 4.39 Å². The standard InChI is InChI=1S/C12H18FNO3/c1-2-16-7-10(15)8-17-12-4-3-9(6-14)5-11(12)13/h3-5,10,15H,2,6-8,14H2,1H3. The smallest absolute Gasteiger partial charge is 0.165 e. The second-order valence-electron chi connectivity index (χ2n) is 3.59. The first-order valence-electron chi connectivity index (χ1n) is 5.54. The van der Waals surface area contributed by atoms with Crippen LogP contribution in [0.3, 0.4) is 0 Å². The Kier molecular flexibility index (Phi) is 5.90. The Hall–Kier alpha value is -1.17. The fraction of sp³-hybridized carbons (Fsp3) is 0.500. The summed E-state index contributed by atoms with van der Waals surface area (Å²) in [4.78, 5) is 0. The maximum absolute atomic E-state index is 13.4. The molecule has 96 valence electrons. The normalized spacial score (nSPS) is 12.5. The topological polar surface area (TPSA) is 64.7 Å². The highest BCUT2D eigenvalue weighted by Crippen LogP contribution is 2.18. The van der Waals surface area contributed by atoms with E-state index in [0.717, 1.165) is 0 Å². The molecule has 0 heterocycles. The molecule has 0 amide bonds. The van der Waals surface area contributed by atoms with E-state index in [4.69, 9.17) is 15.2 Å². The maximum atomic E-state index is 13.4. The maximum Gasteiger partial charge on any atom is 0.165 e. The number of benzene rings is 1. The van der Waals surface area contributed by atoms with E-state index in [-0.39, 0.29) is 25.5 Å². The van der Waals surface area contributed by atoms with Gasteiger partial charge in [-0.1, -0.05) is 6.07 Å². The van der Waals surface area contributed by atoms with E-state index in [1.807, 2.05) is 6.92 Å². The van der Waals surface area contributed by atoms with E-state index in [9.17, 15) is 9.50 Å². The van der Waals surface area contributed by atoms with Crippen molar-refractivity contribution < 1.29 is 19.0 Å². The fourth-order valence-corrected chi connectivity index (χ4v) is 1.28. The van der Waals surface area contributed by atoms with Gasteiger partial charge in [0.05, 0.1) is 6.61 Å². The minimum Gasteiger partial charge on any atom is -0.488 e. The van der Waals surface area contributed by atoms with Gasteiger partial charge in [0.15, 0.2) is 11.6 Å². The van der Waals surface area contributed by atoms with Crippen LogP contribution in [0, 0.1) is 5.82 Å². The van der Waals surface area contributed by atoms with Crippen molar-refractivity contribution in [3.8, 4) is 5.75 Å². The molecule has 0 fully saturated rings. The first-order chi connectivity index (χ1) is 8.17. The summed E-state index contributed by atoms with van der Waals surface area (Å²) in [5.41, 5.74) is 6.08. The summed E-state index contributed by atoms with van der Waals surface area (Å²) in [6.07, 6.45) is -0.761. The first kappa shape index (κ1) is 13.9. The van der Waals surface area contributed by atoms with Crippen molar-refractivity contribution in [3.05, 3.63) is 29.6 Å². The average Bonchev–Trinajstić information content (AvgIpc) is 2.34. The number of rotatable bonds is 7. The summed E-state index contributed by atoms with van der Waals surface area (Å²) in [6.45, 7) is 2.82. The van der Waals surface area contributed by atoms with Crippen LogP contribution < -0.4 is 10.5 Å². The second kappa shape index (κ2) is 7.21. The zero-order valence-corrected chi connectivity index (χ0v) is 9.86. The number of halogens is 1. The molecule has 0 aliphatic heterocycles. The van der Waals surface area contributed by atoms with E-state index < -0.39 is 11.9 Å². The highest BCUT2D eigenvalue weighted by molar-refractivity contribution is 5.29. The van der Waals surface area contributed by atoms with Crippen molar-refractivity contribution in [2.24, 2.45) is 5.73 Å². The summed E-state index contributed by atoms with van der Waals surface area (Å²) in [5, 5.41) is 9.44. The molecule has 1 atom stereocenters. The van der Waals surface area contributed by atoms with Gasteiger partial charge in [0.25, 0.3) is 0 Å². The Labute approximate surface area is 100 Å². The van der Waals surface area contributed by atoms with E-state index in [1.54, 1.807) is 6.07 Å². The van der Waals surface area contributed by atoms with Gasteiger partial charge in [0.1, 0.15) is 12.7 Å². The molecule has 0 spiro atoms. The molecule has 0 radical (unpaired) electrons. The molecule has 4 nitrogen and oxygen atoms in total. The molecule has 0 aliphatic carbocycles. The van der Waals surface area contributed by atoms with E-state index >= 15 is 0 Å². The molecular weight excluding hydrogens is 225 g/mol.